The first kappa shape index (κ1) is 13.5. The SMILES string of the molecule is CCOC(=O)C1CCC(O)(c2nccs2)C(C)C1. The van der Waals surface area contributed by atoms with Crippen LogP contribution >= 0.6 is 11.3 Å². The zero-order chi connectivity index (χ0) is 13.2. The largest absolute Gasteiger partial charge is 0.466 e. The number of aromatic nitrogens is 1. The summed E-state index contributed by atoms with van der Waals surface area (Å²) in [5.41, 5.74) is -0.878. The van der Waals surface area contributed by atoms with Gasteiger partial charge in [-0.2, -0.15) is 0 Å². The fourth-order valence-corrected chi connectivity index (χ4v) is 3.49. The lowest BCUT2D eigenvalue weighted by Gasteiger charge is -2.39. The van der Waals surface area contributed by atoms with Crippen LogP contribution in [0.25, 0.3) is 0 Å². The van der Waals surface area contributed by atoms with Crippen LogP contribution in [0.15, 0.2) is 11.6 Å². The van der Waals surface area contributed by atoms with Gasteiger partial charge in [0.15, 0.2) is 0 Å². The normalized spacial score (nSPS) is 32.2. The van der Waals surface area contributed by atoms with Crippen molar-refractivity contribution in [3.8, 4) is 0 Å². The van der Waals surface area contributed by atoms with Crippen molar-refractivity contribution in [2.75, 3.05) is 6.61 Å². The third-order valence-corrected chi connectivity index (χ3v) is 4.69. The van der Waals surface area contributed by atoms with E-state index in [0.717, 1.165) is 5.01 Å². The van der Waals surface area contributed by atoms with E-state index in [1.54, 1.807) is 6.20 Å². The van der Waals surface area contributed by atoms with E-state index in [1.807, 2.05) is 19.2 Å². The first-order valence-corrected chi connectivity index (χ1v) is 7.25. The Morgan fingerprint density at radius 1 is 1.72 bits per heavy atom. The number of thiazole rings is 1. The zero-order valence-corrected chi connectivity index (χ0v) is 11.6. The summed E-state index contributed by atoms with van der Waals surface area (Å²) >= 11 is 1.47. The molecule has 4 nitrogen and oxygen atoms in total. The van der Waals surface area contributed by atoms with Crippen molar-refractivity contribution in [2.24, 2.45) is 11.8 Å². The van der Waals surface area contributed by atoms with E-state index in [-0.39, 0.29) is 17.8 Å². The minimum Gasteiger partial charge on any atom is -0.466 e. The Morgan fingerprint density at radius 2 is 2.50 bits per heavy atom. The average molecular weight is 269 g/mol. The monoisotopic (exact) mass is 269 g/mol. The van der Waals surface area contributed by atoms with E-state index in [1.165, 1.54) is 11.3 Å². The molecule has 0 amide bonds. The van der Waals surface area contributed by atoms with Gasteiger partial charge in [0, 0.05) is 11.6 Å². The molecule has 1 aromatic heterocycles. The second kappa shape index (κ2) is 5.36. The summed E-state index contributed by atoms with van der Waals surface area (Å²) in [4.78, 5) is 15.9. The summed E-state index contributed by atoms with van der Waals surface area (Å²) in [6.45, 7) is 4.21. The molecule has 1 aromatic rings. The van der Waals surface area contributed by atoms with Crippen molar-refractivity contribution < 1.29 is 14.6 Å². The van der Waals surface area contributed by atoms with Gasteiger partial charge in [0.1, 0.15) is 10.6 Å². The summed E-state index contributed by atoms with van der Waals surface area (Å²) in [6.07, 6.45) is 3.61. The Hall–Kier alpha value is -0.940. The van der Waals surface area contributed by atoms with Gasteiger partial charge in [-0.3, -0.25) is 4.79 Å². The predicted octanol–water partition coefficient (Wildman–Crippen LogP) is 2.33. The third kappa shape index (κ3) is 2.42. The van der Waals surface area contributed by atoms with Gasteiger partial charge >= 0.3 is 5.97 Å². The molecule has 0 spiro atoms. The minimum absolute atomic E-state index is 0.0202. The second-order valence-electron chi connectivity index (χ2n) is 4.89. The number of hydrogen-bond acceptors (Lipinski definition) is 5. The van der Waals surface area contributed by atoms with Crippen LogP contribution in [0.2, 0.25) is 0 Å². The number of nitrogens with zero attached hydrogens (tertiary/aromatic N) is 1. The van der Waals surface area contributed by atoms with Gasteiger partial charge in [0.05, 0.1) is 12.5 Å². The number of esters is 1. The molecule has 1 heterocycles. The fourth-order valence-electron chi connectivity index (χ4n) is 2.61. The molecule has 1 aliphatic rings. The molecule has 3 atom stereocenters. The van der Waals surface area contributed by atoms with E-state index in [2.05, 4.69) is 4.98 Å². The van der Waals surface area contributed by atoms with Crippen LogP contribution in [0.5, 0.6) is 0 Å². The van der Waals surface area contributed by atoms with Crippen molar-refractivity contribution in [1.29, 1.82) is 0 Å². The van der Waals surface area contributed by atoms with E-state index in [0.29, 0.717) is 25.9 Å². The number of rotatable bonds is 3. The summed E-state index contributed by atoms with van der Waals surface area (Å²) in [5.74, 6) is -0.197. The van der Waals surface area contributed by atoms with Crippen LogP contribution in [0.3, 0.4) is 0 Å². The Kier molecular flexibility index (Phi) is 4.02. The van der Waals surface area contributed by atoms with Gasteiger partial charge in [-0.25, -0.2) is 4.98 Å². The van der Waals surface area contributed by atoms with Crippen LogP contribution in [0.1, 0.15) is 38.1 Å². The molecule has 0 radical (unpaired) electrons. The van der Waals surface area contributed by atoms with Crippen LogP contribution in [-0.2, 0) is 15.1 Å². The van der Waals surface area contributed by atoms with Crippen molar-refractivity contribution >= 4 is 17.3 Å². The molecule has 5 heteroatoms. The lowest BCUT2D eigenvalue weighted by atomic mass is 9.72. The van der Waals surface area contributed by atoms with Gasteiger partial charge in [0.25, 0.3) is 0 Å². The van der Waals surface area contributed by atoms with Crippen molar-refractivity contribution in [1.82, 2.24) is 4.98 Å². The topological polar surface area (TPSA) is 59.4 Å². The molecule has 3 unspecified atom stereocenters. The second-order valence-corrected chi connectivity index (χ2v) is 5.78. The van der Waals surface area contributed by atoms with Gasteiger partial charge in [-0.15, -0.1) is 11.3 Å². The van der Waals surface area contributed by atoms with E-state index >= 15 is 0 Å². The van der Waals surface area contributed by atoms with Crippen molar-refractivity contribution in [3.63, 3.8) is 0 Å². The highest BCUT2D eigenvalue weighted by molar-refractivity contribution is 7.09. The third-order valence-electron chi connectivity index (χ3n) is 3.75. The average Bonchev–Trinajstić information content (AvgIpc) is 2.87. The van der Waals surface area contributed by atoms with Gasteiger partial charge in [0.2, 0.25) is 0 Å². The van der Waals surface area contributed by atoms with Crippen LogP contribution in [0, 0.1) is 11.8 Å². The molecule has 0 aromatic carbocycles. The molecule has 1 N–H and O–H groups in total. The molecule has 2 rings (SSSR count). The molecule has 0 bridgehead atoms. The maximum absolute atomic E-state index is 11.7. The standard InChI is InChI=1S/C13H19NO3S/c1-3-17-11(15)10-4-5-13(16,9(2)8-10)12-14-6-7-18-12/h6-7,9-10,16H,3-5,8H2,1-2H3. The highest BCUT2D eigenvalue weighted by Gasteiger charge is 2.44. The molecule has 1 aliphatic carbocycles. The minimum atomic E-state index is -0.878. The molecule has 1 saturated carbocycles. The maximum Gasteiger partial charge on any atom is 0.308 e. The molecular formula is C13H19NO3S. The Morgan fingerprint density at radius 3 is 3.06 bits per heavy atom. The summed E-state index contributed by atoms with van der Waals surface area (Å²) in [5, 5.41) is 13.4. The number of carbonyl (C=O) groups excluding carboxylic acids is 1. The molecule has 1 fully saturated rings. The molecular weight excluding hydrogens is 250 g/mol. The lowest BCUT2D eigenvalue weighted by Crippen LogP contribution is -2.41. The quantitative estimate of drug-likeness (QED) is 0.856. The van der Waals surface area contributed by atoms with Crippen LogP contribution in [0.4, 0.5) is 0 Å². The highest BCUT2D eigenvalue weighted by Crippen LogP contribution is 2.44. The fraction of sp³-hybridized carbons (Fsp3) is 0.692. The Labute approximate surface area is 111 Å². The summed E-state index contributed by atoms with van der Waals surface area (Å²) in [6, 6.07) is 0. The van der Waals surface area contributed by atoms with Gasteiger partial charge in [-0.1, -0.05) is 6.92 Å². The Balaban J connectivity index is 2.07. The predicted molar refractivity (Wildman–Crippen MR) is 69.1 cm³/mol. The van der Waals surface area contributed by atoms with Crippen molar-refractivity contribution in [3.05, 3.63) is 16.6 Å². The van der Waals surface area contributed by atoms with E-state index in [9.17, 15) is 9.90 Å². The maximum atomic E-state index is 11.7. The number of aliphatic hydroxyl groups is 1. The molecule has 18 heavy (non-hydrogen) atoms. The summed E-state index contributed by atoms with van der Waals surface area (Å²) < 4.78 is 5.05. The Bertz CT molecular complexity index is 406. The van der Waals surface area contributed by atoms with Gasteiger partial charge < -0.3 is 9.84 Å². The number of hydrogen-bond donors (Lipinski definition) is 1. The summed E-state index contributed by atoms with van der Waals surface area (Å²) in [7, 11) is 0. The first-order chi connectivity index (χ1) is 8.58. The lowest BCUT2D eigenvalue weighted by molar-refractivity contribution is -0.153. The first-order valence-electron chi connectivity index (χ1n) is 6.37. The smallest absolute Gasteiger partial charge is 0.308 e. The molecule has 0 saturated heterocycles. The van der Waals surface area contributed by atoms with Crippen molar-refractivity contribution in [2.45, 2.75) is 38.7 Å². The van der Waals surface area contributed by atoms with Gasteiger partial charge in [-0.05, 0) is 32.1 Å². The molecule has 100 valence electrons. The molecule has 0 aliphatic heterocycles. The van der Waals surface area contributed by atoms with E-state index in [4.69, 9.17) is 4.74 Å². The van der Waals surface area contributed by atoms with E-state index < -0.39 is 5.60 Å². The number of ether oxygens (including phenoxy) is 1. The zero-order valence-electron chi connectivity index (χ0n) is 10.8. The highest BCUT2D eigenvalue weighted by atomic mass is 32.1. The van der Waals surface area contributed by atoms with Crippen LogP contribution in [-0.4, -0.2) is 22.7 Å². The van der Waals surface area contributed by atoms with Crippen LogP contribution < -0.4 is 0 Å². The number of carbonyl (C=O) groups is 1.